The molecule has 1 saturated heterocycles. The third-order valence-corrected chi connectivity index (χ3v) is 6.52. The first-order chi connectivity index (χ1) is 16.0. The molecular weight excluding hydrogens is 459 g/mol. The summed E-state index contributed by atoms with van der Waals surface area (Å²) >= 11 is 12.5. The highest BCUT2D eigenvalue weighted by atomic mass is 35.5. The molecule has 1 atom stereocenters. The Hall–Kier alpha value is -2.57. The molecule has 5 nitrogen and oxygen atoms in total. The molecule has 3 aromatic rings. The van der Waals surface area contributed by atoms with Gasteiger partial charge in [-0.25, -0.2) is 0 Å². The minimum absolute atomic E-state index is 0.0274. The van der Waals surface area contributed by atoms with E-state index in [4.69, 9.17) is 27.9 Å². The Bertz CT molecular complexity index is 1070. The predicted molar refractivity (Wildman–Crippen MR) is 133 cm³/mol. The standard InChI is InChI=1S/C26H26Cl2N2O3/c27-23-7-4-8-24(25(23)28)30-15-13-29(14-16-30)17-21(31)18-33-22-11-9-20(10-12-22)26(32)19-5-2-1-3-6-19/h1-12,21,31H,13-18H2/t21-/m1/s1. The fraction of sp³-hybridized carbons (Fsp3) is 0.269. The number of β-amino-alcohol motifs (C(OH)–C–C–N with tert-alkyl or cyclic N) is 1. The summed E-state index contributed by atoms with van der Waals surface area (Å²) in [6, 6.07) is 21.9. The Morgan fingerprint density at radius 3 is 2.24 bits per heavy atom. The number of hydrogen-bond acceptors (Lipinski definition) is 5. The number of anilines is 1. The molecule has 33 heavy (non-hydrogen) atoms. The quantitative estimate of drug-likeness (QED) is 0.466. The maximum Gasteiger partial charge on any atom is 0.193 e. The van der Waals surface area contributed by atoms with E-state index >= 15 is 0 Å². The molecule has 0 spiro atoms. The molecule has 1 aliphatic rings. The van der Waals surface area contributed by atoms with Crippen molar-refractivity contribution in [3.63, 3.8) is 0 Å². The summed E-state index contributed by atoms with van der Waals surface area (Å²) in [6.45, 7) is 3.97. The summed E-state index contributed by atoms with van der Waals surface area (Å²) in [5.74, 6) is 0.597. The van der Waals surface area contributed by atoms with Crippen LogP contribution in [0.15, 0.2) is 72.8 Å². The Morgan fingerprint density at radius 1 is 0.879 bits per heavy atom. The minimum Gasteiger partial charge on any atom is -0.491 e. The van der Waals surface area contributed by atoms with Crippen LogP contribution in [-0.4, -0.2) is 61.2 Å². The molecule has 1 N–H and O–H groups in total. The molecule has 0 saturated carbocycles. The first kappa shape index (κ1) is 23.6. The Balaban J connectivity index is 1.22. The van der Waals surface area contributed by atoms with Crippen LogP contribution in [-0.2, 0) is 0 Å². The van der Waals surface area contributed by atoms with Gasteiger partial charge in [0.15, 0.2) is 5.78 Å². The van der Waals surface area contributed by atoms with Crippen LogP contribution in [0.4, 0.5) is 5.69 Å². The number of ether oxygens (including phenoxy) is 1. The van der Waals surface area contributed by atoms with Crippen LogP contribution < -0.4 is 9.64 Å². The van der Waals surface area contributed by atoms with Gasteiger partial charge in [-0.2, -0.15) is 0 Å². The average molecular weight is 485 g/mol. The molecule has 172 valence electrons. The zero-order valence-electron chi connectivity index (χ0n) is 18.2. The third-order valence-electron chi connectivity index (χ3n) is 5.71. The van der Waals surface area contributed by atoms with Gasteiger partial charge in [0.05, 0.1) is 15.7 Å². The normalized spacial score (nSPS) is 15.3. The van der Waals surface area contributed by atoms with Gasteiger partial charge in [0.25, 0.3) is 0 Å². The zero-order chi connectivity index (χ0) is 23.2. The molecule has 0 amide bonds. The van der Waals surface area contributed by atoms with Crippen molar-refractivity contribution in [3.05, 3.63) is 94.0 Å². The van der Waals surface area contributed by atoms with Crippen LogP contribution in [0, 0.1) is 0 Å². The molecule has 7 heteroatoms. The largest absolute Gasteiger partial charge is 0.491 e. The summed E-state index contributed by atoms with van der Waals surface area (Å²) < 4.78 is 5.74. The third kappa shape index (κ3) is 6.06. The first-order valence-corrected chi connectivity index (χ1v) is 11.7. The van der Waals surface area contributed by atoms with Crippen molar-refractivity contribution in [3.8, 4) is 5.75 Å². The topological polar surface area (TPSA) is 53.0 Å². The van der Waals surface area contributed by atoms with E-state index in [0.29, 0.717) is 33.5 Å². The van der Waals surface area contributed by atoms with Gasteiger partial charge in [-0.1, -0.05) is 59.6 Å². The second kappa shape index (κ2) is 11.0. The highest BCUT2D eigenvalue weighted by molar-refractivity contribution is 6.43. The van der Waals surface area contributed by atoms with E-state index in [1.807, 2.05) is 30.3 Å². The molecule has 1 aliphatic heterocycles. The number of carbonyl (C=O) groups is 1. The number of ketones is 1. The summed E-state index contributed by atoms with van der Waals surface area (Å²) in [6.07, 6.45) is -0.614. The molecule has 0 unspecified atom stereocenters. The SMILES string of the molecule is O=C(c1ccccc1)c1ccc(OC[C@H](O)CN2CCN(c3cccc(Cl)c3Cl)CC2)cc1. The van der Waals surface area contributed by atoms with Crippen LogP contribution in [0.3, 0.4) is 0 Å². The average Bonchev–Trinajstić information content (AvgIpc) is 2.85. The van der Waals surface area contributed by atoms with E-state index in [1.54, 1.807) is 42.5 Å². The Labute approximate surface area is 204 Å². The summed E-state index contributed by atoms with van der Waals surface area (Å²) in [5.41, 5.74) is 2.20. The molecule has 3 aromatic carbocycles. The fourth-order valence-electron chi connectivity index (χ4n) is 3.91. The number of aliphatic hydroxyl groups is 1. The highest BCUT2D eigenvalue weighted by Crippen LogP contribution is 2.32. The Morgan fingerprint density at radius 2 is 1.55 bits per heavy atom. The summed E-state index contributed by atoms with van der Waals surface area (Å²) in [4.78, 5) is 16.9. The van der Waals surface area contributed by atoms with E-state index in [1.165, 1.54) is 0 Å². The summed E-state index contributed by atoms with van der Waals surface area (Å²) in [7, 11) is 0. The van der Waals surface area contributed by atoms with Gasteiger partial charge in [0.1, 0.15) is 18.5 Å². The van der Waals surface area contributed by atoms with Gasteiger partial charge in [0, 0.05) is 43.9 Å². The molecule has 0 bridgehead atoms. The molecule has 0 aromatic heterocycles. The smallest absolute Gasteiger partial charge is 0.193 e. The molecule has 0 radical (unpaired) electrons. The van der Waals surface area contributed by atoms with Crippen molar-refractivity contribution in [1.29, 1.82) is 0 Å². The molecule has 0 aliphatic carbocycles. The van der Waals surface area contributed by atoms with Crippen molar-refractivity contribution in [2.75, 3.05) is 44.2 Å². The van der Waals surface area contributed by atoms with E-state index in [-0.39, 0.29) is 12.4 Å². The van der Waals surface area contributed by atoms with Crippen molar-refractivity contribution >= 4 is 34.7 Å². The van der Waals surface area contributed by atoms with Gasteiger partial charge >= 0.3 is 0 Å². The van der Waals surface area contributed by atoms with E-state index in [2.05, 4.69) is 9.80 Å². The van der Waals surface area contributed by atoms with Crippen LogP contribution in [0.5, 0.6) is 5.75 Å². The molecular formula is C26H26Cl2N2O3. The number of hydrogen-bond donors (Lipinski definition) is 1. The van der Waals surface area contributed by atoms with Crippen molar-refractivity contribution in [2.45, 2.75) is 6.10 Å². The highest BCUT2D eigenvalue weighted by Gasteiger charge is 2.21. The van der Waals surface area contributed by atoms with Crippen LogP contribution in [0.1, 0.15) is 15.9 Å². The number of rotatable bonds is 8. The van der Waals surface area contributed by atoms with E-state index < -0.39 is 6.10 Å². The van der Waals surface area contributed by atoms with Crippen LogP contribution in [0.25, 0.3) is 0 Å². The van der Waals surface area contributed by atoms with Crippen LogP contribution >= 0.6 is 23.2 Å². The lowest BCUT2D eigenvalue weighted by molar-refractivity contribution is 0.0663. The monoisotopic (exact) mass is 484 g/mol. The van der Waals surface area contributed by atoms with Gasteiger partial charge in [0.2, 0.25) is 0 Å². The van der Waals surface area contributed by atoms with Gasteiger partial charge < -0.3 is 14.7 Å². The maximum atomic E-state index is 12.5. The van der Waals surface area contributed by atoms with Crippen LogP contribution in [0.2, 0.25) is 10.0 Å². The van der Waals surface area contributed by atoms with Crippen molar-refractivity contribution in [2.24, 2.45) is 0 Å². The van der Waals surface area contributed by atoms with E-state index in [9.17, 15) is 9.90 Å². The zero-order valence-corrected chi connectivity index (χ0v) is 19.7. The fourth-order valence-corrected chi connectivity index (χ4v) is 4.32. The molecule has 1 heterocycles. The number of aliphatic hydroxyl groups excluding tert-OH is 1. The second-order valence-corrected chi connectivity index (χ2v) is 8.83. The lowest BCUT2D eigenvalue weighted by Crippen LogP contribution is -2.49. The number of halogens is 2. The predicted octanol–water partition coefficient (Wildman–Crippen LogP) is 4.79. The summed E-state index contributed by atoms with van der Waals surface area (Å²) in [5, 5.41) is 11.6. The lowest BCUT2D eigenvalue weighted by Gasteiger charge is -2.37. The van der Waals surface area contributed by atoms with Gasteiger partial charge in [-0.3, -0.25) is 9.69 Å². The maximum absolute atomic E-state index is 12.5. The van der Waals surface area contributed by atoms with Crippen molar-refractivity contribution in [1.82, 2.24) is 4.90 Å². The van der Waals surface area contributed by atoms with E-state index in [0.717, 1.165) is 31.9 Å². The molecule has 4 rings (SSSR count). The van der Waals surface area contributed by atoms with Gasteiger partial charge in [-0.05, 0) is 36.4 Å². The number of nitrogens with zero attached hydrogens (tertiary/aromatic N) is 2. The Kier molecular flexibility index (Phi) is 7.89. The number of benzene rings is 3. The number of carbonyl (C=O) groups excluding carboxylic acids is 1. The van der Waals surface area contributed by atoms with Crippen molar-refractivity contribution < 1.29 is 14.6 Å². The minimum atomic E-state index is -0.614. The molecule has 1 fully saturated rings. The first-order valence-electron chi connectivity index (χ1n) is 10.9. The lowest BCUT2D eigenvalue weighted by atomic mass is 10.0. The number of piperazine rings is 1. The van der Waals surface area contributed by atoms with Gasteiger partial charge in [-0.15, -0.1) is 0 Å². The second-order valence-electron chi connectivity index (χ2n) is 8.04.